The van der Waals surface area contributed by atoms with Gasteiger partial charge >= 0.3 is 0 Å². The summed E-state index contributed by atoms with van der Waals surface area (Å²) in [5.74, 6) is 1.83. The van der Waals surface area contributed by atoms with Crippen LogP contribution in [0, 0.1) is 11.8 Å². The molecule has 13 heavy (non-hydrogen) atoms. The maximum Gasteiger partial charge on any atom is 0.00700 e. The van der Waals surface area contributed by atoms with Crippen LogP contribution in [0.2, 0.25) is 0 Å². The third kappa shape index (κ3) is 3.30. The molecule has 0 aliphatic carbocycles. The quantitative estimate of drug-likeness (QED) is 0.647. The van der Waals surface area contributed by atoms with Gasteiger partial charge in [-0.15, -0.1) is 0 Å². The summed E-state index contributed by atoms with van der Waals surface area (Å²) in [6, 6.07) is 0.832. The van der Waals surface area contributed by atoms with Gasteiger partial charge in [-0.05, 0) is 38.1 Å². The number of hydrogen-bond acceptors (Lipinski definition) is 1. The first-order chi connectivity index (χ1) is 6.13. The minimum Gasteiger partial charge on any atom is -0.300 e. The molecule has 1 nitrogen and oxygen atoms in total. The molecule has 0 N–H and O–H groups in total. The van der Waals surface area contributed by atoms with Crippen molar-refractivity contribution in [1.29, 1.82) is 0 Å². The van der Waals surface area contributed by atoms with Crippen LogP contribution in [0.25, 0.3) is 0 Å². The van der Waals surface area contributed by atoms with Gasteiger partial charge in [0.15, 0.2) is 0 Å². The topological polar surface area (TPSA) is 3.24 Å². The van der Waals surface area contributed by atoms with Crippen LogP contribution in [-0.2, 0) is 0 Å². The molecule has 1 saturated heterocycles. The molecule has 0 aromatic carbocycles. The van der Waals surface area contributed by atoms with E-state index < -0.39 is 0 Å². The van der Waals surface area contributed by atoms with Crippen LogP contribution in [0.5, 0.6) is 0 Å². The molecule has 1 heterocycles. The predicted octanol–water partition coefficient (Wildman–Crippen LogP) is 3.15. The van der Waals surface area contributed by atoms with Gasteiger partial charge in [-0.25, -0.2) is 0 Å². The monoisotopic (exact) mass is 183 g/mol. The lowest BCUT2D eigenvalue weighted by Gasteiger charge is -2.22. The van der Waals surface area contributed by atoms with Crippen molar-refractivity contribution in [2.75, 3.05) is 13.1 Å². The number of hydrogen-bond donors (Lipinski definition) is 0. The van der Waals surface area contributed by atoms with E-state index in [1.54, 1.807) is 0 Å². The van der Waals surface area contributed by atoms with Crippen LogP contribution in [0.4, 0.5) is 0 Å². The Morgan fingerprint density at radius 3 is 2.54 bits per heavy atom. The smallest absolute Gasteiger partial charge is 0.00700 e. The maximum atomic E-state index is 2.66. The largest absolute Gasteiger partial charge is 0.300 e. The van der Waals surface area contributed by atoms with Crippen LogP contribution < -0.4 is 0 Å². The second-order valence-electron chi connectivity index (χ2n) is 4.99. The standard InChI is InChI=1S/C12H25N/c1-5-10(2)6-7-13-9-11(3)8-12(13)4/h10-12H,5-9H2,1-4H3. The molecular weight excluding hydrogens is 158 g/mol. The van der Waals surface area contributed by atoms with E-state index in [1.807, 2.05) is 0 Å². The molecule has 0 radical (unpaired) electrons. The van der Waals surface area contributed by atoms with Gasteiger partial charge < -0.3 is 4.90 Å². The zero-order chi connectivity index (χ0) is 9.84. The molecule has 1 aliphatic heterocycles. The number of nitrogens with zero attached hydrogens (tertiary/aromatic N) is 1. The highest BCUT2D eigenvalue weighted by Crippen LogP contribution is 2.23. The summed E-state index contributed by atoms with van der Waals surface area (Å²) in [4.78, 5) is 2.66. The Morgan fingerprint density at radius 1 is 1.38 bits per heavy atom. The van der Waals surface area contributed by atoms with Crippen molar-refractivity contribution in [3.05, 3.63) is 0 Å². The summed E-state index contributed by atoms with van der Waals surface area (Å²) in [7, 11) is 0. The minimum absolute atomic E-state index is 0.832. The Morgan fingerprint density at radius 2 is 2.08 bits per heavy atom. The highest BCUT2D eigenvalue weighted by atomic mass is 15.2. The fraction of sp³-hybridized carbons (Fsp3) is 1.00. The Bertz CT molecular complexity index is 144. The van der Waals surface area contributed by atoms with Crippen LogP contribution >= 0.6 is 0 Å². The zero-order valence-electron chi connectivity index (χ0n) is 9.71. The molecule has 1 rings (SSSR count). The van der Waals surface area contributed by atoms with Crippen molar-refractivity contribution < 1.29 is 0 Å². The molecule has 1 fully saturated rings. The fourth-order valence-electron chi connectivity index (χ4n) is 2.29. The average Bonchev–Trinajstić information content (AvgIpc) is 2.41. The van der Waals surface area contributed by atoms with Gasteiger partial charge in [0.1, 0.15) is 0 Å². The SMILES string of the molecule is CCC(C)CCN1CC(C)CC1C. The second kappa shape index (κ2) is 4.99. The maximum absolute atomic E-state index is 2.66. The Kier molecular flexibility index (Phi) is 4.24. The summed E-state index contributed by atoms with van der Waals surface area (Å²) in [5, 5.41) is 0. The van der Waals surface area contributed by atoms with E-state index in [0.717, 1.165) is 17.9 Å². The summed E-state index contributed by atoms with van der Waals surface area (Å²) >= 11 is 0. The van der Waals surface area contributed by atoms with Crippen molar-refractivity contribution in [1.82, 2.24) is 4.90 Å². The molecule has 1 heteroatoms. The van der Waals surface area contributed by atoms with Gasteiger partial charge in [-0.1, -0.05) is 27.2 Å². The van der Waals surface area contributed by atoms with Crippen molar-refractivity contribution in [2.24, 2.45) is 11.8 Å². The van der Waals surface area contributed by atoms with E-state index in [4.69, 9.17) is 0 Å². The summed E-state index contributed by atoms with van der Waals surface area (Å²) < 4.78 is 0. The van der Waals surface area contributed by atoms with Gasteiger partial charge in [0.2, 0.25) is 0 Å². The predicted molar refractivity (Wildman–Crippen MR) is 58.9 cm³/mol. The van der Waals surface area contributed by atoms with Gasteiger partial charge in [-0.2, -0.15) is 0 Å². The molecule has 0 amide bonds. The highest BCUT2D eigenvalue weighted by molar-refractivity contribution is 4.80. The van der Waals surface area contributed by atoms with Gasteiger partial charge in [0.05, 0.1) is 0 Å². The van der Waals surface area contributed by atoms with Crippen molar-refractivity contribution in [3.63, 3.8) is 0 Å². The van der Waals surface area contributed by atoms with Crippen LogP contribution in [0.3, 0.4) is 0 Å². The van der Waals surface area contributed by atoms with E-state index in [0.29, 0.717) is 0 Å². The van der Waals surface area contributed by atoms with Crippen LogP contribution in [0.15, 0.2) is 0 Å². The van der Waals surface area contributed by atoms with Crippen molar-refractivity contribution in [2.45, 2.75) is 53.0 Å². The molecule has 78 valence electrons. The zero-order valence-corrected chi connectivity index (χ0v) is 9.71. The van der Waals surface area contributed by atoms with E-state index in [9.17, 15) is 0 Å². The third-order valence-electron chi connectivity index (χ3n) is 3.52. The molecule has 0 saturated carbocycles. The first-order valence-corrected chi connectivity index (χ1v) is 5.87. The molecule has 0 spiro atoms. The molecule has 3 unspecified atom stereocenters. The molecule has 1 aliphatic rings. The lowest BCUT2D eigenvalue weighted by molar-refractivity contribution is 0.245. The first-order valence-electron chi connectivity index (χ1n) is 5.87. The third-order valence-corrected chi connectivity index (χ3v) is 3.52. The lowest BCUT2D eigenvalue weighted by Crippen LogP contribution is -2.29. The van der Waals surface area contributed by atoms with E-state index in [-0.39, 0.29) is 0 Å². The lowest BCUT2D eigenvalue weighted by atomic mass is 10.1. The number of rotatable bonds is 4. The average molecular weight is 183 g/mol. The fourth-order valence-corrected chi connectivity index (χ4v) is 2.29. The summed E-state index contributed by atoms with van der Waals surface area (Å²) in [6.45, 7) is 12.1. The summed E-state index contributed by atoms with van der Waals surface area (Å²) in [6.07, 6.45) is 4.12. The Labute approximate surface area is 83.5 Å². The van der Waals surface area contributed by atoms with Gasteiger partial charge in [-0.3, -0.25) is 0 Å². The van der Waals surface area contributed by atoms with E-state index in [1.165, 1.54) is 32.4 Å². The van der Waals surface area contributed by atoms with E-state index >= 15 is 0 Å². The Balaban J connectivity index is 2.21. The summed E-state index contributed by atoms with van der Waals surface area (Å²) in [5.41, 5.74) is 0. The van der Waals surface area contributed by atoms with Crippen molar-refractivity contribution in [3.8, 4) is 0 Å². The number of likely N-dealkylation sites (tertiary alicyclic amines) is 1. The minimum atomic E-state index is 0.832. The molecule has 0 aromatic heterocycles. The van der Waals surface area contributed by atoms with Crippen molar-refractivity contribution >= 4 is 0 Å². The molecular formula is C12H25N. The van der Waals surface area contributed by atoms with Gasteiger partial charge in [0, 0.05) is 12.6 Å². The first kappa shape index (κ1) is 11.0. The van der Waals surface area contributed by atoms with Crippen LogP contribution in [0.1, 0.15) is 47.0 Å². The second-order valence-corrected chi connectivity index (χ2v) is 4.99. The Hall–Kier alpha value is -0.0400. The van der Waals surface area contributed by atoms with Crippen LogP contribution in [-0.4, -0.2) is 24.0 Å². The molecule has 0 aromatic rings. The normalized spacial score (nSPS) is 32.3. The van der Waals surface area contributed by atoms with E-state index in [2.05, 4.69) is 32.6 Å². The molecule has 0 bridgehead atoms. The van der Waals surface area contributed by atoms with Gasteiger partial charge in [0.25, 0.3) is 0 Å². The highest BCUT2D eigenvalue weighted by Gasteiger charge is 2.25. The molecule has 3 atom stereocenters.